The third-order valence-electron chi connectivity index (χ3n) is 2.48. The molecule has 0 radical (unpaired) electrons. The lowest BCUT2D eigenvalue weighted by atomic mass is 10.2. The number of nitrogens with one attached hydrogen (secondary N) is 1. The molecule has 7 nitrogen and oxygen atoms in total. The number of nitro groups is 1. The average molecular weight is 373 g/mol. The van der Waals surface area contributed by atoms with Crippen LogP contribution >= 0.6 is 27.5 Å². The molecular weight excluding hydrogens is 366 g/mol. The molecule has 108 valence electrons. The summed E-state index contributed by atoms with van der Waals surface area (Å²) >= 11 is 8.75. The van der Waals surface area contributed by atoms with Crippen molar-refractivity contribution >= 4 is 44.9 Å². The molecule has 0 aliphatic carbocycles. The monoisotopic (exact) mass is 371 g/mol. The molecule has 9 heteroatoms. The molecule has 21 heavy (non-hydrogen) atoms. The van der Waals surface area contributed by atoms with Crippen molar-refractivity contribution in [1.29, 1.82) is 0 Å². The van der Waals surface area contributed by atoms with Gasteiger partial charge in [-0.2, -0.15) is 0 Å². The number of aromatic nitrogens is 1. The molecule has 0 spiro atoms. The number of nitrogens with zero attached hydrogens (tertiary/aromatic N) is 2. The van der Waals surface area contributed by atoms with E-state index < -0.39 is 10.8 Å². The standard InChI is InChI=1S/C12H7BrClN3O4/c13-7-2-1-6(5-9(7)18)12(19)16-11-8(17(20)21)3-4-10(14)15-11/h1-5,18H,(H,15,16,19). The van der Waals surface area contributed by atoms with E-state index in [0.717, 1.165) is 6.07 Å². The highest BCUT2D eigenvalue weighted by molar-refractivity contribution is 9.10. The Hall–Kier alpha value is -2.19. The van der Waals surface area contributed by atoms with E-state index in [1.54, 1.807) is 0 Å². The van der Waals surface area contributed by atoms with E-state index in [4.69, 9.17) is 11.6 Å². The molecule has 0 saturated carbocycles. The van der Waals surface area contributed by atoms with E-state index in [2.05, 4.69) is 26.2 Å². The zero-order valence-electron chi connectivity index (χ0n) is 10.2. The van der Waals surface area contributed by atoms with Gasteiger partial charge < -0.3 is 10.4 Å². The maximum atomic E-state index is 12.0. The first-order valence-electron chi connectivity index (χ1n) is 5.49. The second kappa shape index (κ2) is 6.06. The molecule has 0 aliphatic heterocycles. The predicted molar refractivity (Wildman–Crippen MR) is 79.7 cm³/mol. The van der Waals surface area contributed by atoms with Crippen LogP contribution in [0.25, 0.3) is 0 Å². The fourth-order valence-electron chi connectivity index (χ4n) is 1.50. The van der Waals surface area contributed by atoms with Gasteiger partial charge in [-0.25, -0.2) is 4.98 Å². The number of hydrogen-bond donors (Lipinski definition) is 2. The molecule has 2 N–H and O–H groups in total. The van der Waals surface area contributed by atoms with Crippen molar-refractivity contribution in [3.63, 3.8) is 0 Å². The second-order valence-electron chi connectivity index (χ2n) is 3.88. The van der Waals surface area contributed by atoms with Crippen molar-refractivity contribution in [1.82, 2.24) is 4.98 Å². The highest BCUT2D eigenvalue weighted by Gasteiger charge is 2.19. The van der Waals surface area contributed by atoms with Crippen molar-refractivity contribution in [2.24, 2.45) is 0 Å². The Morgan fingerprint density at radius 2 is 2.10 bits per heavy atom. The number of amides is 1. The average Bonchev–Trinajstić information content (AvgIpc) is 2.41. The van der Waals surface area contributed by atoms with E-state index in [0.29, 0.717) is 4.47 Å². The summed E-state index contributed by atoms with van der Waals surface area (Å²) in [5.41, 5.74) is -0.263. The molecule has 2 rings (SSSR count). The largest absolute Gasteiger partial charge is 0.507 e. The number of carbonyl (C=O) groups is 1. The van der Waals surface area contributed by atoms with Gasteiger partial charge in [-0.05, 0) is 40.2 Å². The van der Waals surface area contributed by atoms with Gasteiger partial charge in [0.25, 0.3) is 5.91 Å². The molecule has 0 unspecified atom stereocenters. The number of hydrogen-bond acceptors (Lipinski definition) is 5. The van der Waals surface area contributed by atoms with Crippen LogP contribution in [0.4, 0.5) is 11.5 Å². The van der Waals surface area contributed by atoms with Crippen LogP contribution in [0.3, 0.4) is 0 Å². The SMILES string of the molecule is O=C(Nc1nc(Cl)ccc1[N+](=O)[O-])c1ccc(Br)c(O)c1. The Kier molecular flexibility index (Phi) is 4.39. The first kappa shape index (κ1) is 15.2. The zero-order valence-corrected chi connectivity index (χ0v) is 12.6. The first-order valence-corrected chi connectivity index (χ1v) is 6.66. The second-order valence-corrected chi connectivity index (χ2v) is 5.12. The maximum Gasteiger partial charge on any atom is 0.311 e. The molecule has 1 heterocycles. The van der Waals surface area contributed by atoms with Gasteiger partial charge in [0.15, 0.2) is 0 Å². The van der Waals surface area contributed by atoms with Crippen molar-refractivity contribution in [2.75, 3.05) is 5.32 Å². The lowest BCUT2D eigenvalue weighted by Crippen LogP contribution is -2.14. The highest BCUT2D eigenvalue weighted by atomic mass is 79.9. The number of carbonyl (C=O) groups excluding carboxylic acids is 1. The number of halogens is 2. The fourth-order valence-corrected chi connectivity index (χ4v) is 1.90. The van der Waals surface area contributed by atoms with Crippen LogP contribution in [0.5, 0.6) is 5.75 Å². The number of phenolic OH excluding ortho intramolecular Hbond substituents is 1. The number of anilines is 1. The minimum atomic E-state index is -0.683. The zero-order chi connectivity index (χ0) is 15.6. The van der Waals surface area contributed by atoms with Gasteiger partial charge in [0.05, 0.1) is 9.40 Å². The van der Waals surface area contributed by atoms with Crippen LogP contribution in [0.1, 0.15) is 10.4 Å². The van der Waals surface area contributed by atoms with Gasteiger partial charge in [0, 0.05) is 11.6 Å². The summed E-state index contributed by atoms with van der Waals surface area (Å²) in [6, 6.07) is 6.53. The summed E-state index contributed by atoms with van der Waals surface area (Å²) in [4.78, 5) is 25.9. The van der Waals surface area contributed by atoms with Crippen molar-refractivity contribution in [3.05, 3.63) is 55.6 Å². The summed E-state index contributed by atoms with van der Waals surface area (Å²) < 4.78 is 0.422. The van der Waals surface area contributed by atoms with E-state index in [9.17, 15) is 20.0 Å². The van der Waals surface area contributed by atoms with Gasteiger partial charge in [-0.3, -0.25) is 14.9 Å². The number of pyridine rings is 1. The van der Waals surface area contributed by atoms with Gasteiger partial charge in [-0.15, -0.1) is 0 Å². The smallest absolute Gasteiger partial charge is 0.311 e. The lowest BCUT2D eigenvalue weighted by Gasteiger charge is -2.06. The Morgan fingerprint density at radius 3 is 2.71 bits per heavy atom. The minimum absolute atomic E-state index is 0.00885. The van der Waals surface area contributed by atoms with Crippen LogP contribution < -0.4 is 5.32 Å². The summed E-state index contributed by atoms with van der Waals surface area (Å²) in [5, 5.41) is 22.7. The Bertz CT molecular complexity index is 738. The highest BCUT2D eigenvalue weighted by Crippen LogP contribution is 2.27. The molecule has 1 aromatic heterocycles. The molecule has 0 saturated heterocycles. The van der Waals surface area contributed by atoms with Gasteiger partial charge in [-0.1, -0.05) is 11.6 Å². The summed E-state index contributed by atoms with van der Waals surface area (Å²) in [5.74, 6) is -1.05. The van der Waals surface area contributed by atoms with Crippen LogP contribution in [0.15, 0.2) is 34.8 Å². The molecule has 0 fully saturated rings. The number of rotatable bonds is 3. The van der Waals surface area contributed by atoms with Crippen LogP contribution in [0, 0.1) is 10.1 Å². The summed E-state index contributed by atoms with van der Waals surface area (Å²) in [6.07, 6.45) is 0. The summed E-state index contributed by atoms with van der Waals surface area (Å²) in [7, 11) is 0. The molecule has 2 aromatic rings. The van der Waals surface area contributed by atoms with E-state index in [1.807, 2.05) is 0 Å². The normalized spacial score (nSPS) is 10.2. The van der Waals surface area contributed by atoms with E-state index >= 15 is 0 Å². The third-order valence-corrected chi connectivity index (χ3v) is 3.36. The predicted octanol–water partition coefficient (Wildman–Crippen LogP) is 3.36. The number of benzene rings is 1. The van der Waals surface area contributed by atoms with Crippen molar-refractivity contribution in [2.45, 2.75) is 0 Å². The molecular formula is C12H7BrClN3O4. The maximum absolute atomic E-state index is 12.0. The van der Waals surface area contributed by atoms with Crippen molar-refractivity contribution < 1.29 is 14.8 Å². The fraction of sp³-hybridized carbons (Fsp3) is 0. The van der Waals surface area contributed by atoms with Crippen LogP contribution in [-0.4, -0.2) is 20.9 Å². The molecule has 1 aromatic carbocycles. The van der Waals surface area contributed by atoms with E-state index in [-0.39, 0.29) is 28.0 Å². The molecule has 0 bridgehead atoms. The van der Waals surface area contributed by atoms with Gasteiger partial charge >= 0.3 is 5.69 Å². The minimum Gasteiger partial charge on any atom is -0.507 e. The molecule has 1 amide bonds. The molecule has 0 aliphatic rings. The number of phenols is 1. The van der Waals surface area contributed by atoms with E-state index in [1.165, 1.54) is 24.3 Å². The third kappa shape index (κ3) is 3.47. The van der Waals surface area contributed by atoms with Gasteiger partial charge in [0.1, 0.15) is 10.9 Å². The van der Waals surface area contributed by atoms with Gasteiger partial charge in [0.2, 0.25) is 5.82 Å². The van der Waals surface area contributed by atoms with Crippen LogP contribution in [0.2, 0.25) is 5.15 Å². The Morgan fingerprint density at radius 1 is 1.38 bits per heavy atom. The Balaban J connectivity index is 2.33. The summed E-state index contributed by atoms with van der Waals surface area (Å²) in [6.45, 7) is 0. The molecule has 0 atom stereocenters. The van der Waals surface area contributed by atoms with Crippen molar-refractivity contribution in [3.8, 4) is 5.75 Å². The Labute approximate surface area is 131 Å². The quantitative estimate of drug-likeness (QED) is 0.488. The lowest BCUT2D eigenvalue weighted by molar-refractivity contribution is -0.384. The first-order chi connectivity index (χ1) is 9.88. The number of aromatic hydroxyl groups is 1. The van der Waals surface area contributed by atoms with Crippen LogP contribution in [-0.2, 0) is 0 Å². The topological polar surface area (TPSA) is 105 Å².